The number of hydrogen-bond donors (Lipinski definition) is 0. The summed E-state index contributed by atoms with van der Waals surface area (Å²) in [4.78, 5) is 0. The van der Waals surface area contributed by atoms with Crippen LogP contribution in [-0.2, 0) is 6.42 Å². The SMILES string of the molecule is CCCCCC1CCC(c2ccc(C3C=CC(COc4ccc(CCC)cc4)CC3)cc2)CC1. The van der Waals surface area contributed by atoms with Crippen LogP contribution < -0.4 is 4.74 Å². The van der Waals surface area contributed by atoms with Crippen LogP contribution in [0.25, 0.3) is 0 Å². The van der Waals surface area contributed by atoms with Crippen LogP contribution in [-0.4, -0.2) is 6.61 Å². The Morgan fingerprint density at radius 3 is 2.09 bits per heavy atom. The lowest BCUT2D eigenvalue weighted by molar-refractivity contribution is 0.260. The second-order valence-corrected chi connectivity index (χ2v) is 10.9. The first-order chi connectivity index (χ1) is 16.7. The van der Waals surface area contributed by atoms with Gasteiger partial charge in [-0.3, -0.25) is 0 Å². The van der Waals surface area contributed by atoms with Crippen LogP contribution in [0.1, 0.15) is 113 Å². The van der Waals surface area contributed by atoms with Crippen molar-refractivity contribution in [2.75, 3.05) is 6.61 Å². The minimum atomic E-state index is 0.526. The molecule has 34 heavy (non-hydrogen) atoms. The minimum absolute atomic E-state index is 0.526. The lowest BCUT2D eigenvalue weighted by Crippen LogP contribution is -2.15. The van der Waals surface area contributed by atoms with Gasteiger partial charge in [-0.05, 0) is 85.6 Å². The number of ether oxygens (including phenoxy) is 1. The van der Waals surface area contributed by atoms with Crippen molar-refractivity contribution in [2.45, 2.75) is 103 Å². The van der Waals surface area contributed by atoms with Crippen LogP contribution in [0.4, 0.5) is 0 Å². The number of allylic oxidation sites excluding steroid dienone is 1. The van der Waals surface area contributed by atoms with Crippen LogP contribution in [0, 0.1) is 11.8 Å². The Bertz CT molecular complexity index is 854. The minimum Gasteiger partial charge on any atom is -0.493 e. The number of benzene rings is 2. The summed E-state index contributed by atoms with van der Waals surface area (Å²) in [6.45, 7) is 5.32. The number of rotatable bonds is 11. The van der Waals surface area contributed by atoms with E-state index in [0.29, 0.717) is 11.8 Å². The second-order valence-electron chi connectivity index (χ2n) is 10.9. The van der Waals surface area contributed by atoms with Crippen molar-refractivity contribution in [1.82, 2.24) is 0 Å². The molecule has 0 amide bonds. The highest BCUT2D eigenvalue weighted by Crippen LogP contribution is 2.38. The first kappa shape index (κ1) is 25.1. The van der Waals surface area contributed by atoms with Gasteiger partial charge in [-0.2, -0.15) is 0 Å². The maximum absolute atomic E-state index is 6.09. The van der Waals surface area contributed by atoms with Crippen molar-refractivity contribution in [2.24, 2.45) is 11.8 Å². The van der Waals surface area contributed by atoms with Crippen LogP contribution >= 0.6 is 0 Å². The number of unbranched alkanes of at least 4 members (excludes halogenated alkanes) is 2. The average Bonchev–Trinajstić information content (AvgIpc) is 2.89. The van der Waals surface area contributed by atoms with Gasteiger partial charge in [-0.25, -0.2) is 0 Å². The normalized spacial score (nSPS) is 24.8. The van der Waals surface area contributed by atoms with Crippen LogP contribution in [0.5, 0.6) is 5.75 Å². The molecule has 184 valence electrons. The van der Waals surface area contributed by atoms with Gasteiger partial charge in [-0.15, -0.1) is 0 Å². The molecule has 1 saturated carbocycles. The van der Waals surface area contributed by atoms with Gasteiger partial charge in [0.2, 0.25) is 0 Å². The molecule has 2 aliphatic carbocycles. The molecule has 2 aromatic carbocycles. The fraction of sp³-hybridized carbons (Fsp3) is 0.576. The van der Waals surface area contributed by atoms with Gasteiger partial charge in [0.05, 0.1) is 6.61 Å². The zero-order valence-corrected chi connectivity index (χ0v) is 21.7. The molecule has 0 radical (unpaired) electrons. The van der Waals surface area contributed by atoms with Crippen LogP contribution in [0.2, 0.25) is 0 Å². The third-order valence-electron chi connectivity index (χ3n) is 8.29. The zero-order valence-electron chi connectivity index (χ0n) is 21.7. The van der Waals surface area contributed by atoms with Crippen molar-refractivity contribution in [3.63, 3.8) is 0 Å². The van der Waals surface area contributed by atoms with Gasteiger partial charge in [0.1, 0.15) is 5.75 Å². The number of aryl methyl sites for hydroxylation is 1. The standard InChI is InChI=1S/C33H46O/c1-3-5-6-8-27-9-15-29(16-10-27)31-19-21-32(22-20-31)30-17-11-28(12-18-30)25-34-33-23-13-26(7-4-2)14-24-33/h11,13-14,17,19-24,27-30H,3-10,12,15-16,18,25H2,1-2H3. The van der Waals surface area contributed by atoms with E-state index in [-0.39, 0.29) is 0 Å². The molecule has 2 atom stereocenters. The summed E-state index contributed by atoms with van der Waals surface area (Å²) < 4.78 is 6.09. The summed E-state index contributed by atoms with van der Waals surface area (Å²) in [5.74, 6) is 3.87. The van der Waals surface area contributed by atoms with Crippen molar-refractivity contribution in [3.05, 3.63) is 77.4 Å². The molecule has 0 saturated heterocycles. The Hall–Kier alpha value is -2.02. The van der Waals surface area contributed by atoms with E-state index in [2.05, 4.69) is 74.5 Å². The maximum atomic E-state index is 6.09. The second kappa shape index (κ2) is 13.2. The summed E-state index contributed by atoms with van der Waals surface area (Å²) in [5, 5.41) is 0. The number of hydrogen-bond acceptors (Lipinski definition) is 1. The fourth-order valence-corrected chi connectivity index (χ4v) is 6.02. The highest BCUT2D eigenvalue weighted by molar-refractivity contribution is 5.31. The van der Waals surface area contributed by atoms with Gasteiger partial charge in [0, 0.05) is 11.8 Å². The third kappa shape index (κ3) is 7.24. The molecular formula is C33H46O. The van der Waals surface area contributed by atoms with Gasteiger partial charge >= 0.3 is 0 Å². The molecule has 0 aromatic heterocycles. The molecule has 0 heterocycles. The topological polar surface area (TPSA) is 9.23 Å². The van der Waals surface area contributed by atoms with Crippen molar-refractivity contribution in [3.8, 4) is 5.75 Å². The van der Waals surface area contributed by atoms with Crippen molar-refractivity contribution < 1.29 is 4.74 Å². The first-order valence-corrected chi connectivity index (χ1v) is 14.2. The predicted octanol–water partition coefficient (Wildman–Crippen LogP) is 9.62. The predicted molar refractivity (Wildman–Crippen MR) is 146 cm³/mol. The maximum Gasteiger partial charge on any atom is 0.119 e. The summed E-state index contributed by atoms with van der Waals surface area (Å²) >= 11 is 0. The van der Waals surface area contributed by atoms with E-state index >= 15 is 0 Å². The molecular weight excluding hydrogens is 412 g/mol. The monoisotopic (exact) mass is 458 g/mol. The lowest BCUT2D eigenvalue weighted by atomic mass is 9.76. The van der Waals surface area contributed by atoms with E-state index in [1.165, 1.54) is 81.8 Å². The molecule has 2 aliphatic rings. The smallest absolute Gasteiger partial charge is 0.119 e. The van der Waals surface area contributed by atoms with E-state index in [4.69, 9.17) is 4.74 Å². The average molecular weight is 459 g/mol. The lowest BCUT2D eigenvalue weighted by Gasteiger charge is -2.29. The Morgan fingerprint density at radius 1 is 0.706 bits per heavy atom. The van der Waals surface area contributed by atoms with Crippen molar-refractivity contribution in [1.29, 1.82) is 0 Å². The fourth-order valence-electron chi connectivity index (χ4n) is 6.02. The van der Waals surface area contributed by atoms with E-state index in [1.54, 1.807) is 5.56 Å². The highest BCUT2D eigenvalue weighted by Gasteiger charge is 2.23. The van der Waals surface area contributed by atoms with Gasteiger partial charge in [0.25, 0.3) is 0 Å². The van der Waals surface area contributed by atoms with Crippen LogP contribution in [0.3, 0.4) is 0 Å². The molecule has 1 nitrogen and oxygen atoms in total. The molecule has 2 unspecified atom stereocenters. The summed E-state index contributed by atoms with van der Waals surface area (Å²) in [6, 6.07) is 18.3. The molecule has 0 N–H and O–H groups in total. The van der Waals surface area contributed by atoms with E-state index in [0.717, 1.165) is 30.6 Å². The Labute approximate surface area is 209 Å². The largest absolute Gasteiger partial charge is 0.493 e. The quantitative estimate of drug-likeness (QED) is 0.240. The first-order valence-electron chi connectivity index (χ1n) is 14.2. The van der Waals surface area contributed by atoms with Crippen molar-refractivity contribution >= 4 is 0 Å². The zero-order chi connectivity index (χ0) is 23.6. The van der Waals surface area contributed by atoms with Crippen LogP contribution in [0.15, 0.2) is 60.7 Å². The van der Waals surface area contributed by atoms with E-state index in [9.17, 15) is 0 Å². The molecule has 0 bridgehead atoms. The third-order valence-corrected chi connectivity index (χ3v) is 8.29. The van der Waals surface area contributed by atoms with Gasteiger partial charge in [0.15, 0.2) is 0 Å². The summed E-state index contributed by atoms with van der Waals surface area (Å²) in [6.07, 6.45) is 20.9. The molecule has 4 rings (SSSR count). The molecule has 1 fully saturated rings. The summed E-state index contributed by atoms with van der Waals surface area (Å²) in [7, 11) is 0. The molecule has 0 spiro atoms. The summed E-state index contributed by atoms with van der Waals surface area (Å²) in [5.41, 5.74) is 4.46. The molecule has 2 aromatic rings. The Balaban J connectivity index is 1.21. The molecule has 1 heteroatoms. The Morgan fingerprint density at radius 2 is 1.44 bits per heavy atom. The van der Waals surface area contributed by atoms with E-state index < -0.39 is 0 Å². The molecule has 0 aliphatic heterocycles. The Kier molecular flexibility index (Phi) is 9.72. The van der Waals surface area contributed by atoms with Gasteiger partial charge < -0.3 is 4.74 Å². The highest BCUT2D eigenvalue weighted by atomic mass is 16.5. The van der Waals surface area contributed by atoms with Gasteiger partial charge in [-0.1, -0.05) is 94.5 Å². The van der Waals surface area contributed by atoms with E-state index in [1.807, 2.05) is 0 Å².